The average molecular weight is 395 g/mol. The lowest BCUT2D eigenvalue weighted by Crippen LogP contribution is -2.39. The first-order chi connectivity index (χ1) is 13.1. The first kappa shape index (κ1) is 24.1. The maximum absolute atomic E-state index is 12.1. The molecular weight excluding hydrogens is 360 g/mol. The summed E-state index contributed by atoms with van der Waals surface area (Å²) in [7, 11) is 2.67. The summed E-state index contributed by atoms with van der Waals surface area (Å²) in [5.41, 5.74) is 0.757. The molecule has 0 unspecified atom stereocenters. The molecule has 0 aliphatic heterocycles. The first-order valence-corrected chi connectivity index (χ1v) is 9.78. The van der Waals surface area contributed by atoms with Crippen molar-refractivity contribution in [1.29, 1.82) is 0 Å². The molecular formula is C22H34O6. The van der Waals surface area contributed by atoms with Crippen LogP contribution < -0.4 is 0 Å². The third kappa shape index (κ3) is 7.24. The summed E-state index contributed by atoms with van der Waals surface area (Å²) in [6.07, 6.45) is 6.80. The molecule has 1 aliphatic carbocycles. The second-order valence-electron chi connectivity index (χ2n) is 7.75. The first-order valence-electron chi connectivity index (χ1n) is 9.78. The Balaban J connectivity index is 3.29. The Hall–Kier alpha value is -1.92. The van der Waals surface area contributed by atoms with E-state index in [0.29, 0.717) is 43.3 Å². The highest BCUT2D eigenvalue weighted by Gasteiger charge is 2.30. The van der Waals surface area contributed by atoms with Gasteiger partial charge in [-0.05, 0) is 51.4 Å². The number of hydrogen-bond acceptors (Lipinski definition) is 6. The summed E-state index contributed by atoms with van der Waals surface area (Å²) in [5, 5.41) is 21.0. The van der Waals surface area contributed by atoms with Crippen molar-refractivity contribution in [3.8, 4) is 0 Å². The van der Waals surface area contributed by atoms with Gasteiger partial charge in [-0.2, -0.15) is 0 Å². The molecule has 6 nitrogen and oxygen atoms in total. The zero-order valence-corrected chi connectivity index (χ0v) is 17.7. The lowest BCUT2D eigenvalue weighted by atomic mass is 9.88. The van der Waals surface area contributed by atoms with Gasteiger partial charge in [-0.15, -0.1) is 0 Å². The van der Waals surface area contributed by atoms with E-state index in [9.17, 15) is 19.8 Å². The Morgan fingerprint density at radius 2 is 1.68 bits per heavy atom. The molecule has 2 atom stereocenters. The van der Waals surface area contributed by atoms with Crippen molar-refractivity contribution in [2.24, 2.45) is 5.92 Å². The fourth-order valence-corrected chi connectivity index (χ4v) is 3.16. The van der Waals surface area contributed by atoms with Gasteiger partial charge in [0.05, 0.1) is 25.9 Å². The fourth-order valence-electron chi connectivity index (χ4n) is 3.16. The van der Waals surface area contributed by atoms with Crippen LogP contribution in [0.3, 0.4) is 0 Å². The molecule has 0 aromatic heterocycles. The van der Waals surface area contributed by atoms with Crippen molar-refractivity contribution < 1.29 is 29.3 Å². The number of methoxy groups -OCH3 is 2. The number of rotatable bonds is 3. The summed E-state index contributed by atoms with van der Waals surface area (Å²) in [6, 6.07) is 0. The van der Waals surface area contributed by atoms with Crippen LogP contribution in [0.25, 0.3) is 0 Å². The van der Waals surface area contributed by atoms with Gasteiger partial charge in [-0.25, -0.2) is 9.59 Å². The van der Waals surface area contributed by atoms with E-state index >= 15 is 0 Å². The Kier molecular flexibility index (Phi) is 9.62. The average Bonchev–Trinajstić information content (AvgIpc) is 2.65. The SMILES string of the molecule is COC(=O)C1=CCC[C@](C)(O)[C@H](O)CCC(C(=O)OC)=C/C=C(\C(C)C)CC1. The second-order valence-corrected chi connectivity index (χ2v) is 7.75. The summed E-state index contributed by atoms with van der Waals surface area (Å²) >= 11 is 0. The number of allylic oxidation sites excluding steroid dienone is 4. The highest BCUT2D eigenvalue weighted by Crippen LogP contribution is 2.26. The predicted molar refractivity (Wildman–Crippen MR) is 107 cm³/mol. The minimum atomic E-state index is -1.33. The number of aliphatic hydroxyl groups excluding tert-OH is 1. The van der Waals surface area contributed by atoms with Crippen LogP contribution in [0, 0.1) is 5.92 Å². The zero-order chi connectivity index (χ0) is 21.3. The molecule has 0 saturated carbocycles. The normalized spacial score (nSPS) is 27.0. The Bertz CT molecular complexity index is 639. The van der Waals surface area contributed by atoms with Crippen LogP contribution in [-0.2, 0) is 19.1 Å². The molecule has 0 heterocycles. The van der Waals surface area contributed by atoms with Gasteiger partial charge in [0.2, 0.25) is 0 Å². The van der Waals surface area contributed by atoms with E-state index in [1.54, 1.807) is 19.1 Å². The maximum Gasteiger partial charge on any atom is 0.333 e. The summed E-state index contributed by atoms with van der Waals surface area (Å²) in [5.74, 6) is -0.595. The molecule has 0 aromatic carbocycles. The van der Waals surface area contributed by atoms with Crippen LogP contribution in [0.15, 0.2) is 34.9 Å². The highest BCUT2D eigenvalue weighted by atomic mass is 16.5. The topological polar surface area (TPSA) is 93.1 Å². The predicted octanol–water partition coefficient (Wildman–Crippen LogP) is 3.23. The third-order valence-corrected chi connectivity index (χ3v) is 5.26. The van der Waals surface area contributed by atoms with Crippen molar-refractivity contribution in [2.45, 2.75) is 71.0 Å². The number of hydrogen-bond donors (Lipinski definition) is 2. The number of esters is 2. The fraction of sp³-hybridized carbons (Fsp3) is 0.636. The molecule has 0 bridgehead atoms. The number of ether oxygens (including phenoxy) is 2. The van der Waals surface area contributed by atoms with Gasteiger partial charge in [0.15, 0.2) is 0 Å². The van der Waals surface area contributed by atoms with Crippen molar-refractivity contribution >= 4 is 11.9 Å². The summed E-state index contributed by atoms with van der Waals surface area (Å²) in [6.45, 7) is 5.68. The van der Waals surface area contributed by atoms with Gasteiger partial charge in [-0.3, -0.25) is 0 Å². The monoisotopic (exact) mass is 394 g/mol. The van der Waals surface area contributed by atoms with Crippen LogP contribution in [0.4, 0.5) is 0 Å². The number of carbonyl (C=O) groups is 2. The molecule has 6 heteroatoms. The van der Waals surface area contributed by atoms with Gasteiger partial charge in [-0.1, -0.05) is 37.6 Å². The minimum Gasteiger partial charge on any atom is -0.466 e. The van der Waals surface area contributed by atoms with Gasteiger partial charge in [0.25, 0.3) is 0 Å². The quantitative estimate of drug-likeness (QED) is 0.714. The molecule has 0 radical (unpaired) electrons. The van der Waals surface area contributed by atoms with Crippen LogP contribution in [0.2, 0.25) is 0 Å². The van der Waals surface area contributed by atoms with Crippen molar-refractivity contribution in [2.75, 3.05) is 14.2 Å². The number of carbonyl (C=O) groups excluding carboxylic acids is 2. The van der Waals surface area contributed by atoms with Crippen LogP contribution in [0.1, 0.15) is 59.3 Å². The van der Waals surface area contributed by atoms with E-state index in [1.165, 1.54) is 14.2 Å². The summed E-state index contributed by atoms with van der Waals surface area (Å²) < 4.78 is 9.73. The third-order valence-electron chi connectivity index (χ3n) is 5.26. The van der Waals surface area contributed by atoms with Crippen LogP contribution in [0.5, 0.6) is 0 Å². The van der Waals surface area contributed by atoms with Crippen molar-refractivity contribution in [3.05, 3.63) is 34.9 Å². The lowest BCUT2D eigenvalue weighted by molar-refractivity contribution is -0.137. The second kappa shape index (κ2) is 11.2. The van der Waals surface area contributed by atoms with Gasteiger partial charge >= 0.3 is 11.9 Å². The highest BCUT2D eigenvalue weighted by molar-refractivity contribution is 5.89. The molecule has 28 heavy (non-hydrogen) atoms. The molecule has 0 saturated heterocycles. The molecule has 0 fully saturated rings. The molecule has 0 spiro atoms. The molecule has 0 aromatic rings. The summed E-state index contributed by atoms with van der Waals surface area (Å²) in [4.78, 5) is 24.2. The minimum absolute atomic E-state index is 0.229. The van der Waals surface area contributed by atoms with E-state index in [2.05, 4.69) is 13.8 Å². The smallest absolute Gasteiger partial charge is 0.333 e. The van der Waals surface area contributed by atoms with Crippen LogP contribution in [-0.4, -0.2) is 48.1 Å². The van der Waals surface area contributed by atoms with E-state index in [1.807, 2.05) is 6.08 Å². The van der Waals surface area contributed by atoms with Crippen molar-refractivity contribution in [3.63, 3.8) is 0 Å². The van der Waals surface area contributed by atoms with Gasteiger partial charge < -0.3 is 19.7 Å². The van der Waals surface area contributed by atoms with E-state index < -0.39 is 17.7 Å². The molecule has 0 amide bonds. The van der Waals surface area contributed by atoms with Gasteiger partial charge in [0.1, 0.15) is 0 Å². The van der Waals surface area contributed by atoms with E-state index in [4.69, 9.17) is 9.47 Å². The maximum atomic E-state index is 12.1. The largest absolute Gasteiger partial charge is 0.466 e. The van der Waals surface area contributed by atoms with E-state index in [0.717, 1.165) is 5.57 Å². The molecule has 1 aliphatic rings. The molecule has 2 N–H and O–H groups in total. The van der Waals surface area contributed by atoms with Crippen LogP contribution >= 0.6 is 0 Å². The molecule has 1 rings (SSSR count). The molecule has 158 valence electrons. The standard InChI is InChI=1S/C22H34O6/c1-15(2)16-8-10-17(20(24)27-4)7-6-14-22(3,26)19(23)13-12-18(11-9-16)21(25)28-5/h7,9,11,15,19,23,26H,6,8,10,12-14H2,1-5H3/b16-9-,17-7?,18-11?/t19-,22+/m1/s1. The van der Waals surface area contributed by atoms with E-state index in [-0.39, 0.29) is 18.3 Å². The lowest BCUT2D eigenvalue weighted by Gasteiger charge is -2.29. The number of aliphatic hydroxyl groups is 2. The Labute approximate surface area is 167 Å². The Morgan fingerprint density at radius 1 is 1.07 bits per heavy atom. The zero-order valence-electron chi connectivity index (χ0n) is 17.7. The van der Waals surface area contributed by atoms with Crippen molar-refractivity contribution in [1.82, 2.24) is 0 Å². The Morgan fingerprint density at radius 3 is 2.25 bits per heavy atom. The van der Waals surface area contributed by atoms with Gasteiger partial charge in [0, 0.05) is 11.1 Å².